The molecule has 7 nitrogen and oxygen atoms in total. The van der Waals surface area contributed by atoms with Gasteiger partial charge in [-0.3, -0.25) is 4.79 Å². The van der Waals surface area contributed by atoms with Crippen molar-refractivity contribution in [3.63, 3.8) is 0 Å². The van der Waals surface area contributed by atoms with Gasteiger partial charge in [0.1, 0.15) is 6.10 Å². The van der Waals surface area contributed by atoms with E-state index >= 15 is 0 Å². The zero-order valence-corrected chi connectivity index (χ0v) is 16.5. The molecule has 0 spiro atoms. The largest absolute Gasteiger partial charge is 0.481 e. The molecular weight excluding hydrogens is 330 g/mol. The normalized spacial score (nSPS) is 19.7. The molecule has 1 saturated heterocycles. The van der Waals surface area contributed by atoms with E-state index in [1.807, 2.05) is 0 Å². The average molecular weight is 362 g/mol. The Kier molecular flexibility index (Phi) is 6.83. The first-order chi connectivity index (χ1) is 10.8. The number of aliphatic carboxylic acids is 1. The number of carbonyl (C=O) groups is 2. The van der Waals surface area contributed by atoms with Crippen LogP contribution in [-0.2, 0) is 14.0 Å². The first-order valence-electron chi connectivity index (χ1n) is 8.39. The first-order valence-corrected chi connectivity index (χ1v) is 11.3. The third-order valence-electron chi connectivity index (χ3n) is 5.01. The number of carbonyl (C=O) groups excluding carboxylic acids is 1. The molecule has 1 amide bonds. The van der Waals surface area contributed by atoms with Crippen LogP contribution >= 0.6 is 0 Å². The Morgan fingerprint density at radius 2 is 1.71 bits per heavy atom. The predicted molar refractivity (Wildman–Crippen MR) is 92.2 cm³/mol. The van der Waals surface area contributed by atoms with Crippen LogP contribution in [0.5, 0.6) is 0 Å². The quantitative estimate of drug-likeness (QED) is 0.577. The van der Waals surface area contributed by atoms with Gasteiger partial charge in [-0.25, -0.2) is 4.79 Å². The molecular formula is C16H31NO6Si. The first kappa shape index (κ1) is 20.9. The fourth-order valence-corrected chi connectivity index (χ4v) is 3.68. The molecule has 1 aliphatic heterocycles. The summed E-state index contributed by atoms with van der Waals surface area (Å²) in [5, 5.41) is 19.1. The number of hydrogen-bond donors (Lipinski definition) is 2. The summed E-state index contributed by atoms with van der Waals surface area (Å²) in [7, 11) is -2.07. The summed E-state index contributed by atoms with van der Waals surface area (Å²) in [5.74, 6) is -1.25. The molecule has 24 heavy (non-hydrogen) atoms. The number of hydrogen-bond acceptors (Lipinski definition) is 5. The third kappa shape index (κ3) is 5.46. The van der Waals surface area contributed by atoms with Gasteiger partial charge in [0.15, 0.2) is 8.32 Å². The number of likely N-dealkylation sites (tertiary alicyclic amines) is 1. The summed E-state index contributed by atoms with van der Waals surface area (Å²) in [4.78, 5) is 24.5. The van der Waals surface area contributed by atoms with Crippen molar-refractivity contribution < 1.29 is 29.0 Å². The van der Waals surface area contributed by atoms with Gasteiger partial charge in [-0.1, -0.05) is 20.8 Å². The van der Waals surface area contributed by atoms with Crippen LogP contribution in [0.2, 0.25) is 18.1 Å². The zero-order valence-electron chi connectivity index (χ0n) is 15.5. The smallest absolute Gasteiger partial charge is 0.412 e. The maximum Gasteiger partial charge on any atom is 0.412 e. The minimum atomic E-state index is -2.07. The van der Waals surface area contributed by atoms with E-state index in [2.05, 4.69) is 33.9 Å². The van der Waals surface area contributed by atoms with E-state index in [1.165, 1.54) is 4.90 Å². The highest BCUT2D eigenvalue weighted by Crippen LogP contribution is 2.37. The molecule has 1 heterocycles. The van der Waals surface area contributed by atoms with Gasteiger partial charge in [0.05, 0.1) is 5.92 Å². The molecule has 0 aliphatic carbocycles. The molecule has 2 atom stereocenters. The molecule has 2 unspecified atom stereocenters. The van der Waals surface area contributed by atoms with Gasteiger partial charge in [0.25, 0.3) is 0 Å². The van der Waals surface area contributed by atoms with Crippen LogP contribution in [0.4, 0.5) is 4.79 Å². The SMILES string of the molecule is CC(O[Si](C)(C)C(C)(C)C)C(O)OC(=O)N1CCC(C(=O)O)CC1. The van der Waals surface area contributed by atoms with E-state index in [1.54, 1.807) is 6.92 Å². The van der Waals surface area contributed by atoms with Crippen LogP contribution in [0, 0.1) is 5.92 Å². The van der Waals surface area contributed by atoms with Crippen LogP contribution in [-0.4, -0.2) is 61.0 Å². The Bertz CT molecular complexity index is 454. The Hall–Kier alpha value is -1.12. The summed E-state index contributed by atoms with van der Waals surface area (Å²) < 4.78 is 11.1. The van der Waals surface area contributed by atoms with E-state index in [4.69, 9.17) is 14.3 Å². The number of carboxylic acid groups (broad SMARTS) is 1. The maximum absolute atomic E-state index is 12.1. The van der Waals surface area contributed by atoms with Crippen LogP contribution in [0.25, 0.3) is 0 Å². The summed E-state index contributed by atoms with van der Waals surface area (Å²) in [5.41, 5.74) is 0. The maximum atomic E-state index is 12.1. The minimum absolute atomic E-state index is 0.0102. The zero-order chi connectivity index (χ0) is 18.7. The summed E-state index contributed by atoms with van der Waals surface area (Å²) >= 11 is 0. The van der Waals surface area contributed by atoms with Crippen molar-refractivity contribution >= 4 is 20.4 Å². The van der Waals surface area contributed by atoms with E-state index < -0.39 is 38.7 Å². The van der Waals surface area contributed by atoms with Gasteiger partial charge < -0.3 is 24.3 Å². The molecule has 2 N–H and O–H groups in total. The van der Waals surface area contributed by atoms with Crippen molar-refractivity contribution in [1.29, 1.82) is 0 Å². The number of aliphatic hydroxyl groups is 1. The van der Waals surface area contributed by atoms with Crippen LogP contribution in [0.1, 0.15) is 40.5 Å². The fraction of sp³-hybridized carbons (Fsp3) is 0.875. The Balaban J connectivity index is 2.51. The van der Waals surface area contributed by atoms with Crippen molar-refractivity contribution in [2.45, 2.75) is 71.1 Å². The van der Waals surface area contributed by atoms with E-state index in [9.17, 15) is 14.7 Å². The minimum Gasteiger partial charge on any atom is -0.481 e. The highest BCUT2D eigenvalue weighted by atomic mass is 28.4. The van der Waals surface area contributed by atoms with Crippen LogP contribution < -0.4 is 0 Å². The number of piperidine rings is 1. The number of carboxylic acids is 1. The molecule has 1 fully saturated rings. The van der Waals surface area contributed by atoms with Crippen LogP contribution in [0.3, 0.4) is 0 Å². The van der Waals surface area contributed by atoms with Crippen molar-refractivity contribution in [3.05, 3.63) is 0 Å². The molecule has 0 aromatic carbocycles. The molecule has 8 heteroatoms. The number of amides is 1. The second-order valence-electron chi connectivity index (χ2n) is 7.96. The third-order valence-corrected chi connectivity index (χ3v) is 9.59. The van der Waals surface area contributed by atoms with Crippen LogP contribution in [0.15, 0.2) is 0 Å². The molecule has 0 bridgehead atoms. The van der Waals surface area contributed by atoms with E-state index in [0.717, 1.165) is 0 Å². The second-order valence-corrected chi connectivity index (χ2v) is 12.7. The predicted octanol–water partition coefficient (Wildman–Crippen LogP) is 2.65. The summed E-state index contributed by atoms with van der Waals surface area (Å²) in [6.07, 6.45) is -1.79. The van der Waals surface area contributed by atoms with Gasteiger partial charge in [0.2, 0.25) is 6.29 Å². The molecule has 0 aromatic rings. The topological polar surface area (TPSA) is 96.3 Å². The Morgan fingerprint density at radius 1 is 1.21 bits per heavy atom. The lowest BCUT2D eigenvalue weighted by Crippen LogP contribution is -2.48. The summed E-state index contributed by atoms with van der Waals surface area (Å²) in [6.45, 7) is 12.7. The monoisotopic (exact) mass is 361 g/mol. The van der Waals surface area contributed by atoms with Gasteiger partial charge in [0, 0.05) is 13.1 Å². The second kappa shape index (κ2) is 7.84. The summed E-state index contributed by atoms with van der Waals surface area (Å²) in [6, 6.07) is 0. The van der Waals surface area contributed by atoms with Crippen molar-refractivity contribution in [2.75, 3.05) is 13.1 Å². The standard InChI is InChI=1S/C16H31NO6Si/c1-11(23-24(5,6)16(2,3)4)14(20)22-15(21)17-9-7-12(8-10-17)13(18)19/h11-12,14,20H,7-10H2,1-6H3,(H,18,19). The molecule has 140 valence electrons. The highest BCUT2D eigenvalue weighted by molar-refractivity contribution is 6.74. The molecule has 1 aliphatic rings. The lowest BCUT2D eigenvalue weighted by atomic mass is 9.97. The van der Waals surface area contributed by atoms with Gasteiger partial charge in [-0.15, -0.1) is 0 Å². The Morgan fingerprint density at radius 3 is 2.12 bits per heavy atom. The lowest BCUT2D eigenvalue weighted by Gasteiger charge is -2.39. The lowest BCUT2D eigenvalue weighted by molar-refractivity contribution is -0.144. The number of rotatable bonds is 5. The number of ether oxygens (including phenoxy) is 1. The van der Waals surface area contributed by atoms with E-state index in [0.29, 0.717) is 25.9 Å². The number of aliphatic hydroxyl groups excluding tert-OH is 1. The van der Waals surface area contributed by atoms with Crippen molar-refractivity contribution in [3.8, 4) is 0 Å². The van der Waals surface area contributed by atoms with Gasteiger partial charge >= 0.3 is 12.1 Å². The highest BCUT2D eigenvalue weighted by Gasteiger charge is 2.40. The van der Waals surface area contributed by atoms with Crippen molar-refractivity contribution in [1.82, 2.24) is 4.90 Å². The van der Waals surface area contributed by atoms with E-state index in [-0.39, 0.29) is 5.04 Å². The molecule has 1 rings (SSSR count). The molecule has 0 radical (unpaired) electrons. The average Bonchev–Trinajstić information content (AvgIpc) is 2.45. The van der Waals surface area contributed by atoms with Crippen molar-refractivity contribution in [2.24, 2.45) is 5.92 Å². The molecule has 0 saturated carbocycles. The fourth-order valence-electron chi connectivity index (χ4n) is 2.28. The van der Waals surface area contributed by atoms with Gasteiger partial charge in [-0.2, -0.15) is 0 Å². The number of nitrogens with zero attached hydrogens (tertiary/aromatic N) is 1. The Labute approximate surface area is 145 Å². The molecule has 0 aromatic heterocycles. The van der Waals surface area contributed by atoms with Gasteiger partial charge in [-0.05, 0) is 37.9 Å².